The lowest BCUT2D eigenvalue weighted by molar-refractivity contribution is 0.0697. The van der Waals surface area contributed by atoms with E-state index in [1.165, 1.54) is 6.20 Å². The summed E-state index contributed by atoms with van der Waals surface area (Å²) in [6.45, 7) is 0. The second-order valence-electron chi connectivity index (χ2n) is 3.55. The minimum Gasteiger partial charge on any atom is -0.477 e. The van der Waals surface area contributed by atoms with Crippen molar-refractivity contribution in [1.82, 2.24) is 5.16 Å². The Balaban J connectivity index is 2.19. The first-order valence-corrected chi connectivity index (χ1v) is 4.91. The molecule has 0 spiro atoms. The van der Waals surface area contributed by atoms with Crippen LogP contribution in [0.4, 0.5) is 0 Å². The zero-order valence-corrected chi connectivity index (χ0v) is 8.58. The molecule has 0 fully saturated rings. The molecule has 1 N–H and O–H groups in total. The molecule has 0 aliphatic rings. The minimum absolute atomic E-state index is 0.0489. The Kier molecular flexibility index (Phi) is 1.98. The monoisotopic (exact) mass is 229 g/mol. The Hall–Kier alpha value is -2.56. The second kappa shape index (κ2) is 3.48. The highest BCUT2D eigenvalue weighted by molar-refractivity contribution is 5.95. The van der Waals surface area contributed by atoms with E-state index in [0.717, 1.165) is 11.0 Å². The van der Waals surface area contributed by atoms with Crippen LogP contribution >= 0.6 is 0 Å². The average molecular weight is 229 g/mol. The third-order valence-corrected chi connectivity index (χ3v) is 2.52. The van der Waals surface area contributed by atoms with Crippen LogP contribution in [0.2, 0.25) is 0 Å². The summed E-state index contributed by atoms with van der Waals surface area (Å²) in [7, 11) is 0. The van der Waals surface area contributed by atoms with Crippen LogP contribution in [0.1, 0.15) is 10.4 Å². The van der Waals surface area contributed by atoms with Gasteiger partial charge in [0.1, 0.15) is 11.1 Å². The predicted molar refractivity (Wildman–Crippen MR) is 58.7 cm³/mol. The van der Waals surface area contributed by atoms with Crippen LogP contribution in [-0.2, 0) is 0 Å². The Morgan fingerprint density at radius 3 is 3.00 bits per heavy atom. The molecule has 5 nitrogen and oxygen atoms in total. The fraction of sp³-hybridized carbons (Fsp3) is 0. The molecule has 0 bridgehead atoms. The summed E-state index contributed by atoms with van der Waals surface area (Å²) in [5.41, 5.74) is 1.45. The fourth-order valence-electron chi connectivity index (χ4n) is 1.71. The smallest absolute Gasteiger partial charge is 0.341 e. The predicted octanol–water partition coefficient (Wildman–Crippen LogP) is 2.79. The van der Waals surface area contributed by atoms with Crippen LogP contribution in [0.5, 0.6) is 0 Å². The molecule has 5 heteroatoms. The van der Waals surface area contributed by atoms with Crippen LogP contribution < -0.4 is 0 Å². The number of carboxylic acid groups (broad SMARTS) is 1. The molecular weight excluding hydrogens is 222 g/mol. The molecular formula is C12H7NO4. The van der Waals surface area contributed by atoms with Gasteiger partial charge in [-0.05, 0) is 24.3 Å². The van der Waals surface area contributed by atoms with Crippen molar-refractivity contribution < 1.29 is 18.8 Å². The van der Waals surface area contributed by atoms with Crippen molar-refractivity contribution in [2.75, 3.05) is 0 Å². The molecule has 2 aromatic heterocycles. The number of aromatic nitrogens is 1. The summed E-state index contributed by atoms with van der Waals surface area (Å²) < 4.78 is 10.2. The normalized spacial score (nSPS) is 10.8. The summed E-state index contributed by atoms with van der Waals surface area (Å²) in [5, 5.41) is 13.4. The molecule has 0 aliphatic carbocycles. The summed E-state index contributed by atoms with van der Waals surface area (Å²) in [4.78, 5) is 11.0. The molecule has 0 unspecified atom stereocenters. The van der Waals surface area contributed by atoms with Crippen LogP contribution in [0.3, 0.4) is 0 Å². The van der Waals surface area contributed by atoms with Gasteiger partial charge in [-0.25, -0.2) is 4.79 Å². The number of carboxylic acids is 1. The van der Waals surface area contributed by atoms with Crippen molar-refractivity contribution >= 4 is 16.9 Å². The minimum atomic E-state index is -1.06. The molecule has 2 heterocycles. The van der Waals surface area contributed by atoms with E-state index in [2.05, 4.69) is 5.16 Å². The first kappa shape index (κ1) is 9.65. The van der Waals surface area contributed by atoms with E-state index >= 15 is 0 Å². The van der Waals surface area contributed by atoms with Crippen molar-refractivity contribution in [2.45, 2.75) is 0 Å². The highest BCUT2D eigenvalue weighted by Crippen LogP contribution is 2.27. The van der Waals surface area contributed by atoms with Gasteiger partial charge in [0.2, 0.25) is 0 Å². The highest BCUT2D eigenvalue weighted by Gasteiger charge is 2.17. The topological polar surface area (TPSA) is 76.5 Å². The first-order valence-electron chi connectivity index (χ1n) is 4.91. The Morgan fingerprint density at radius 1 is 1.29 bits per heavy atom. The molecule has 3 aromatic rings. The Morgan fingerprint density at radius 2 is 2.18 bits per heavy atom. The maximum atomic E-state index is 11.0. The number of benzene rings is 1. The van der Waals surface area contributed by atoms with Gasteiger partial charge < -0.3 is 14.0 Å². The summed E-state index contributed by atoms with van der Waals surface area (Å²) >= 11 is 0. The lowest BCUT2D eigenvalue weighted by atomic mass is 10.1. The molecule has 0 amide bonds. The lowest BCUT2D eigenvalue weighted by Gasteiger charge is -1.97. The van der Waals surface area contributed by atoms with Gasteiger partial charge in [-0.3, -0.25) is 0 Å². The van der Waals surface area contributed by atoms with Crippen LogP contribution in [-0.4, -0.2) is 16.2 Å². The molecule has 0 radical (unpaired) electrons. The summed E-state index contributed by atoms with van der Waals surface area (Å²) in [6.07, 6.45) is 2.77. The zero-order chi connectivity index (χ0) is 11.8. The van der Waals surface area contributed by atoms with Gasteiger partial charge in [-0.2, -0.15) is 0 Å². The van der Waals surface area contributed by atoms with Gasteiger partial charge in [0.25, 0.3) is 0 Å². The van der Waals surface area contributed by atoms with Crippen molar-refractivity contribution in [3.8, 4) is 11.3 Å². The quantitative estimate of drug-likeness (QED) is 0.731. The third-order valence-electron chi connectivity index (χ3n) is 2.52. The van der Waals surface area contributed by atoms with E-state index < -0.39 is 5.97 Å². The second-order valence-corrected chi connectivity index (χ2v) is 3.55. The standard InChI is InChI=1S/C12H7NO4/c14-12(15)9-6-13-17-11(9)8-1-2-10-7(5-8)3-4-16-10/h1-6H,(H,14,15). The number of hydrogen-bond acceptors (Lipinski definition) is 4. The van der Waals surface area contributed by atoms with E-state index in [0.29, 0.717) is 5.56 Å². The van der Waals surface area contributed by atoms with Crippen LogP contribution in [0.25, 0.3) is 22.3 Å². The van der Waals surface area contributed by atoms with Crippen molar-refractivity contribution in [3.05, 3.63) is 42.3 Å². The van der Waals surface area contributed by atoms with Crippen molar-refractivity contribution in [1.29, 1.82) is 0 Å². The number of hydrogen-bond donors (Lipinski definition) is 1. The molecule has 1 aromatic carbocycles. The Labute approximate surface area is 95.3 Å². The number of furan rings is 1. The maximum absolute atomic E-state index is 11.0. The van der Waals surface area contributed by atoms with Crippen LogP contribution in [0.15, 0.2) is 45.7 Å². The maximum Gasteiger partial charge on any atom is 0.341 e. The van der Waals surface area contributed by atoms with E-state index in [-0.39, 0.29) is 11.3 Å². The van der Waals surface area contributed by atoms with Crippen LogP contribution in [0, 0.1) is 0 Å². The zero-order valence-electron chi connectivity index (χ0n) is 8.58. The third kappa shape index (κ3) is 1.48. The van der Waals surface area contributed by atoms with Gasteiger partial charge in [-0.15, -0.1) is 0 Å². The van der Waals surface area contributed by atoms with E-state index in [9.17, 15) is 4.79 Å². The number of aromatic carboxylic acids is 1. The molecule has 84 valence electrons. The molecule has 3 rings (SSSR count). The van der Waals surface area contributed by atoms with E-state index in [1.807, 2.05) is 0 Å². The number of fused-ring (bicyclic) bond motifs is 1. The molecule has 17 heavy (non-hydrogen) atoms. The van der Waals surface area contributed by atoms with E-state index in [1.54, 1.807) is 30.5 Å². The van der Waals surface area contributed by atoms with Gasteiger partial charge in [0, 0.05) is 10.9 Å². The van der Waals surface area contributed by atoms with Crippen molar-refractivity contribution in [2.24, 2.45) is 0 Å². The first-order chi connectivity index (χ1) is 8.25. The number of carbonyl (C=O) groups is 1. The number of nitrogens with zero attached hydrogens (tertiary/aromatic N) is 1. The average Bonchev–Trinajstić information content (AvgIpc) is 2.96. The van der Waals surface area contributed by atoms with Gasteiger partial charge in [0.05, 0.1) is 12.5 Å². The highest BCUT2D eigenvalue weighted by atomic mass is 16.5. The summed E-state index contributed by atoms with van der Waals surface area (Å²) in [6, 6.07) is 7.10. The van der Waals surface area contributed by atoms with Crippen molar-refractivity contribution in [3.63, 3.8) is 0 Å². The van der Waals surface area contributed by atoms with E-state index in [4.69, 9.17) is 14.0 Å². The van der Waals surface area contributed by atoms with Gasteiger partial charge in [0.15, 0.2) is 5.76 Å². The fourth-order valence-corrected chi connectivity index (χ4v) is 1.71. The molecule has 0 atom stereocenters. The summed E-state index contributed by atoms with van der Waals surface area (Å²) in [5.74, 6) is -0.811. The van der Waals surface area contributed by atoms with Gasteiger partial charge in [-0.1, -0.05) is 5.16 Å². The Bertz CT molecular complexity index is 695. The molecule has 0 aliphatic heterocycles. The number of rotatable bonds is 2. The SMILES string of the molecule is O=C(O)c1cnoc1-c1ccc2occc2c1. The van der Waals surface area contributed by atoms with Gasteiger partial charge >= 0.3 is 5.97 Å². The molecule has 0 saturated carbocycles. The largest absolute Gasteiger partial charge is 0.477 e. The lowest BCUT2D eigenvalue weighted by Crippen LogP contribution is -1.95. The molecule has 0 saturated heterocycles.